The van der Waals surface area contributed by atoms with Gasteiger partial charge in [0.25, 0.3) is 5.56 Å². The van der Waals surface area contributed by atoms with Gasteiger partial charge in [0.1, 0.15) is 6.54 Å². The number of carbonyl (C=O) groups is 1. The summed E-state index contributed by atoms with van der Waals surface area (Å²) in [4.78, 5) is 32.2. The number of pyridine rings is 1. The van der Waals surface area contributed by atoms with Gasteiger partial charge in [-0.15, -0.1) is 0 Å². The molecule has 3 aromatic rings. The molecule has 5 heterocycles. The SMILES string of the molecule is O=C(Cn1ccc2c(cnc3ccnn32)c1=O)NC[C@@H]1CCCN2CCCC[C@@H]12. The third-order valence-corrected chi connectivity index (χ3v) is 6.46. The monoisotopic (exact) mass is 394 g/mol. The lowest BCUT2D eigenvalue weighted by Crippen LogP contribution is -2.51. The Kier molecular flexibility index (Phi) is 4.79. The van der Waals surface area contributed by atoms with Gasteiger partial charge in [-0.25, -0.2) is 9.50 Å². The predicted molar refractivity (Wildman–Crippen MR) is 110 cm³/mol. The molecule has 2 fully saturated rings. The number of rotatable bonds is 4. The minimum absolute atomic E-state index is 0.0209. The van der Waals surface area contributed by atoms with E-state index < -0.39 is 0 Å². The Morgan fingerprint density at radius 2 is 2.07 bits per heavy atom. The zero-order valence-corrected chi connectivity index (χ0v) is 16.5. The van der Waals surface area contributed by atoms with E-state index in [1.807, 2.05) is 6.07 Å². The first-order valence-electron chi connectivity index (χ1n) is 10.5. The van der Waals surface area contributed by atoms with Gasteiger partial charge >= 0.3 is 0 Å². The first-order chi connectivity index (χ1) is 14.2. The van der Waals surface area contributed by atoms with Crippen LogP contribution in [0.25, 0.3) is 16.6 Å². The Balaban J connectivity index is 1.28. The van der Waals surface area contributed by atoms with Crippen LogP contribution in [0.1, 0.15) is 32.1 Å². The highest BCUT2D eigenvalue weighted by Crippen LogP contribution is 2.30. The maximum atomic E-state index is 12.8. The largest absolute Gasteiger partial charge is 0.354 e. The van der Waals surface area contributed by atoms with Crippen molar-refractivity contribution >= 4 is 22.5 Å². The zero-order valence-electron chi connectivity index (χ0n) is 16.5. The molecule has 2 atom stereocenters. The number of nitrogens with zero attached hydrogens (tertiary/aromatic N) is 5. The van der Waals surface area contributed by atoms with Crippen LogP contribution in [0.3, 0.4) is 0 Å². The van der Waals surface area contributed by atoms with Crippen LogP contribution >= 0.6 is 0 Å². The Hall–Kier alpha value is -2.74. The number of aromatic nitrogens is 4. The molecule has 1 N–H and O–H groups in total. The van der Waals surface area contributed by atoms with Gasteiger partial charge in [0, 0.05) is 31.0 Å². The van der Waals surface area contributed by atoms with Gasteiger partial charge < -0.3 is 14.8 Å². The van der Waals surface area contributed by atoms with Crippen LogP contribution in [0.2, 0.25) is 0 Å². The summed E-state index contributed by atoms with van der Waals surface area (Å²) in [6.45, 7) is 3.10. The molecule has 0 spiro atoms. The lowest BCUT2D eigenvalue weighted by molar-refractivity contribution is -0.122. The number of piperidine rings is 2. The summed E-state index contributed by atoms with van der Waals surface area (Å²) in [7, 11) is 0. The third-order valence-electron chi connectivity index (χ3n) is 6.46. The van der Waals surface area contributed by atoms with Crippen LogP contribution in [0.5, 0.6) is 0 Å². The summed E-state index contributed by atoms with van der Waals surface area (Å²) in [5.41, 5.74) is 1.16. The number of carbonyl (C=O) groups excluding carboxylic acids is 1. The van der Waals surface area contributed by atoms with Gasteiger partial charge in [-0.1, -0.05) is 6.42 Å². The van der Waals surface area contributed by atoms with Crippen molar-refractivity contribution in [2.45, 2.75) is 44.7 Å². The van der Waals surface area contributed by atoms with Crippen LogP contribution in [0.4, 0.5) is 0 Å². The Labute approximate surface area is 168 Å². The van der Waals surface area contributed by atoms with E-state index in [9.17, 15) is 9.59 Å². The molecule has 0 radical (unpaired) electrons. The second-order valence-corrected chi connectivity index (χ2v) is 8.21. The molecule has 3 aromatic heterocycles. The molecule has 5 rings (SSSR count). The van der Waals surface area contributed by atoms with Crippen LogP contribution < -0.4 is 10.9 Å². The average molecular weight is 394 g/mol. The summed E-state index contributed by atoms with van der Waals surface area (Å²) >= 11 is 0. The van der Waals surface area contributed by atoms with E-state index in [1.165, 1.54) is 49.8 Å². The quantitative estimate of drug-likeness (QED) is 0.724. The Bertz CT molecular complexity index is 1100. The number of hydrogen-bond donors (Lipinski definition) is 1. The van der Waals surface area contributed by atoms with Crippen LogP contribution in [-0.2, 0) is 11.3 Å². The molecule has 8 heteroatoms. The van der Waals surface area contributed by atoms with E-state index in [1.54, 1.807) is 29.2 Å². The Morgan fingerprint density at radius 3 is 3.00 bits per heavy atom. The highest BCUT2D eigenvalue weighted by molar-refractivity contribution is 5.80. The number of amides is 1. The second-order valence-electron chi connectivity index (χ2n) is 8.21. The van der Waals surface area contributed by atoms with E-state index in [-0.39, 0.29) is 18.0 Å². The van der Waals surface area contributed by atoms with Crippen LogP contribution in [-0.4, -0.2) is 55.6 Å². The fraction of sp³-hybridized carbons (Fsp3) is 0.524. The van der Waals surface area contributed by atoms with Gasteiger partial charge in [0.15, 0.2) is 5.65 Å². The van der Waals surface area contributed by atoms with E-state index in [2.05, 4.69) is 20.3 Å². The minimum Gasteiger partial charge on any atom is -0.354 e. The number of fused-ring (bicyclic) bond motifs is 4. The molecule has 0 aliphatic carbocycles. The second kappa shape index (κ2) is 7.59. The molecule has 2 aliphatic heterocycles. The van der Waals surface area contributed by atoms with Crippen molar-refractivity contribution in [1.82, 2.24) is 29.4 Å². The summed E-state index contributed by atoms with van der Waals surface area (Å²) < 4.78 is 3.09. The summed E-state index contributed by atoms with van der Waals surface area (Å²) in [5.74, 6) is 0.395. The van der Waals surface area contributed by atoms with Crippen LogP contribution in [0.15, 0.2) is 35.5 Å². The van der Waals surface area contributed by atoms with E-state index >= 15 is 0 Å². The minimum atomic E-state index is -0.223. The average Bonchev–Trinajstić information content (AvgIpc) is 3.23. The normalized spacial score (nSPS) is 22.6. The van der Waals surface area contributed by atoms with Crippen molar-refractivity contribution in [1.29, 1.82) is 0 Å². The summed E-state index contributed by atoms with van der Waals surface area (Å²) in [6.07, 6.45) is 11.1. The highest BCUT2D eigenvalue weighted by Gasteiger charge is 2.32. The molecule has 0 bridgehead atoms. The fourth-order valence-corrected chi connectivity index (χ4v) is 4.99. The predicted octanol–water partition coefficient (Wildman–Crippen LogP) is 1.42. The topological polar surface area (TPSA) is 84.5 Å². The van der Waals surface area contributed by atoms with Crippen molar-refractivity contribution < 1.29 is 4.79 Å². The molecule has 2 saturated heterocycles. The van der Waals surface area contributed by atoms with E-state index in [4.69, 9.17) is 0 Å². The van der Waals surface area contributed by atoms with Crippen molar-refractivity contribution in [3.8, 4) is 0 Å². The van der Waals surface area contributed by atoms with Gasteiger partial charge in [-0.3, -0.25) is 9.59 Å². The lowest BCUT2D eigenvalue weighted by atomic mass is 9.83. The molecule has 2 aliphatic rings. The first kappa shape index (κ1) is 18.3. The van der Waals surface area contributed by atoms with Crippen molar-refractivity contribution in [3.05, 3.63) is 41.1 Å². The standard InChI is InChI=1S/C21H26N6O2/c28-20(23-12-15-4-3-10-25-9-2-1-5-17(15)25)14-26-11-7-18-16(21(26)29)13-22-19-6-8-24-27(18)19/h6-8,11,13,15,17H,1-5,9-10,12,14H2,(H,23,28)/t15-,17-/m0/s1. The van der Waals surface area contributed by atoms with Crippen molar-refractivity contribution in [3.63, 3.8) is 0 Å². The molecule has 1 amide bonds. The zero-order chi connectivity index (χ0) is 19.8. The van der Waals surface area contributed by atoms with E-state index in [0.717, 1.165) is 0 Å². The summed E-state index contributed by atoms with van der Waals surface area (Å²) in [6, 6.07) is 4.20. The molecule has 8 nitrogen and oxygen atoms in total. The maximum absolute atomic E-state index is 12.8. The van der Waals surface area contributed by atoms with Gasteiger partial charge in [-0.2, -0.15) is 5.10 Å². The number of nitrogens with one attached hydrogen (secondary N) is 1. The van der Waals surface area contributed by atoms with Crippen LogP contribution in [0, 0.1) is 5.92 Å². The Morgan fingerprint density at radius 1 is 1.17 bits per heavy atom. The van der Waals surface area contributed by atoms with Gasteiger partial charge in [0.05, 0.1) is 17.1 Å². The molecule has 152 valence electrons. The van der Waals surface area contributed by atoms with Crippen molar-refractivity contribution in [2.24, 2.45) is 5.92 Å². The maximum Gasteiger partial charge on any atom is 0.262 e. The first-order valence-corrected chi connectivity index (χ1v) is 10.5. The molecule has 0 aromatic carbocycles. The molecule has 29 heavy (non-hydrogen) atoms. The fourth-order valence-electron chi connectivity index (χ4n) is 4.99. The van der Waals surface area contributed by atoms with E-state index in [0.29, 0.717) is 35.1 Å². The molecule has 0 unspecified atom stereocenters. The van der Waals surface area contributed by atoms with Crippen molar-refractivity contribution in [2.75, 3.05) is 19.6 Å². The molecular formula is C21H26N6O2. The lowest BCUT2D eigenvalue weighted by Gasteiger charge is -2.44. The summed E-state index contributed by atoms with van der Waals surface area (Å²) in [5, 5.41) is 7.75. The van der Waals surface area contributed by atoms with Gasteiger partial charge in [-0.05, 0) is 50.8 Å². The highest BCUT2D eigenvalue weighted by atomic mass is 16.2. The third kappa shape index (κ3) is 3.42. The molecular weight excluding hydrogens is 368 g/mol. The number of hydrogen-bond acceptors (Lipinski definition) is 5. The van der Waals surface area contributed by atoms with Gasteiger partial charge in [0.2, 0.25) is 5.91 Å². The molecule has 0 saturated carbocycles. The smallest absolute Gasteiger partial charge is 0.262 e.